The van der Waals surface area contributed by atoms with Gasteiger partial charge >= 0.3 is 5.97 Å². The second-order valence-corrected chi connectivity index (χ2v) is 18.7. The molecule has 0 radical (unpaired) electrons. The molecule has 1 aromatic carbocycles. The Labute approximate surface area is 367 Å². The molecule has 340 valence electrons. The first kappa shape index (κ1) is 48.1. The van der Waals surface area contributed by atoms with Crippen LogP contribution in [-0.2, 0) is 54.4 Å². The molecule has 9 N–H and O–H groups in total. The molecule has 0 aliphatic carbocycles. The van der Waals surface area contributed by atoms with E-state index in [2.05, 4.69) is 38.6 Å². The fraction of sp³-hybridized carbons (Fsp3) is 0.600. The molecular formula is C40H58N9O11S2+. The lowest BCUT2D eigenvalue weighted by molar-refractivity contribution is -0.917. The molecule has 6 atom stereocenters. The molecule has 3 aliphatic heterocycles. The van der Waals surface area contributed by atoms with Crippen molar-refractivity contribution in [2.45, 2.75) is 88.4 Å². The second kappa shape index (κ2) is 23.0. The molecule has 4 heterocycles. The summed E-state index contributed by atoms with van der Waals surface area (Å²) in [5.41, 5.74) is 7.46. The summed E-state index contributed by atoms with van der Waals surface area (Å²) >= 11 is 0. The maximum Gasteiger partial charge on any atom is 0.305 e. The van der Waals surface area contributed by atoms with Crippen LogP contribution >= 0.6 is 21.6 Å². The summed E-state index contributed by atoms with van der Waals surface area (Å²) in [6.45, 7) is 4.76. The molecule has 3 saturated heterocycles. The van der Waals surface area contributed by atoms with Gasteiger partial charge in [0.15, 0.2) is 0 Å². The highest BCUT2D eigenvalue weighted by Crippen LogP contribution is 2.27. The number of aliphatic carboxylic acids is 1. The van der Waals surface area contributed by atoms with Gasteiger partial charge in [-0.2, -0.15) is 0 Å². The van der Waals surface area contributed by atoms with Crippen molar-refractivity contribution in [3.05, 3.63) is 36.0 Å². The number of nitrogens with one attached hydrogen (secondary N) is 6. The standard InChI is InChI=1S/C40H57N9O11S2/c1-24-40(58)48-21-26(60-22-25-19-42-28-8-4-3-7-27(25)28)17-32(48)39(57)47-31(36(41)54)23-62-61-16-10-33(50)45-29(9-5-6-11-49(2)12-14-59-15-13-49)37(55)43-20-34(51)46-30(18-35(52)53)38(56)44-24/h3-4,7-8,19,24,26,29-32,42H,5-6,9-18,20-23H2,1-2H3,(H7-,41,43,44,45,46,47,50,51,52,53,54,55,56,57)/p+1/t24-,26?,29?,30?,31?,32?/m0/s1. The highest BCUT2D eigenvalue weighted by molar-refractivity contribution is 8.76. The van der Waals surface area contributed by atoms with Crippen LogP contribution in [0.2, 0.25) is 0 Å². The number of nitrogens with zero attached hydrogens (tertiary/aromatic N) is 2. The second-order valence-electron chi connectivity index (χ2n) is 16.0. The van der Waals surface area contributed by atoms with Crippen LogP contribution < -0.4 is 32.3 Å². The van der Waals surface area contributed by atoms with Crippen molar-refractivity contribution in [2.75, 3.05) is 64.5 Å². The third-order valence-electron chi connectivity index (χ3n) is 11.2. The van der Waals surface area contributed by atoms with Crippen LogP contribution in [0.15, 0.2) is 30.5 Å². The molecule has 5 rings (SSSR count). The number of H-pyrrole nitrogens is 1. The first-order chi connectivity index (χ1) is 29.6. The van der Waals surface area contributed by atoms with Gasteiger partial charge in [0.2, 0.25) is 41.4 Å². The molecule has 3 fully saturated rings. The number of primary amides is 1. The van der Waals surface area contributed by atoms with Crippen LogP contribution in [0.4, 0.5) is 0 Å². The third-order valence-corrected chi connectivity index (χ3v) is 13.6. The normalized spacial score (nSPS) is 26.4. The van der Waals surface area contributed by atoms with E-state index in [4.69, 9.17) is 15.2 Å². The van der Waals surface area contributed by atoms with Gasteiger partial charge in [-0.05, 0) is 32.3 Å². The summed E-state index contributed by atoms with van der Waals surface area (Å²) in [5.74, 6) is -6.22. The molecule has 0 bridgehead atoms. The van der Waals surface area contributed by atoms with Crippen LogP contribution in [-0.4, -0.2) is 168 Å². The van der Waals surface area contributed by atoms with E-state index in [0.717, 1.165) is 47.0 Å². The van der Waals surface area contributed by atoms with E-state index < -0.39 is 96.6 Å². The van der Waals surface area contributed by atoms with E-state index >= 15 is 0 Å². The molecule has 7 amide bonds. The van der Waals surface area contributed by atoms with Crippen molar-refractivity contribution in [3.63, 3.8) is 0 Å². The van der Waals surface area contributed by atoms with Gasteiger partial charge < -0.3 is 61.3 Å². The van der Waals surface area contributed by atoms with Crippen LogP contribution in [0, 0.1) is 0 Å². The number of carboxylic acids is 1. The summed E-state index contributed by atoms with van der Waals surface area (Å²) in [5, 5.41) is 23.2. The van der Waals surface area contributed by atoms with Crippen LogP contribution in [0.3, 0.4) is 0 Å². The van der Waals surface area contributed by atoms with Crippen molar-refractivity contribution < 1.29 is 57.4 Å². The Morgan fingerprint density at radius 3 is 2.44 bits per heavy atom. The quantitative estimate of drug-likeness (QED) is 0.0774. The Hall–Kier alpha value is -4.90. The lowest BCUT2D eigenvalue weighted by Crippen LogP contribution is -2.58. The number of carbonyl (C=O) groups is 8. The number of morpholine rings is 1. The van der Waals surface area contributed by atoms with Crippen molar-refractivity contribution in [1.29, 1.82) is 0 Å². The fourth-order valence-electron chi connectivity index (χ4n) is 7.57. The van der Waals surface area contributed by atoms with Crippen molar-refractivity contribution in [1.82, 2.24) is 36.5 Å². The summed E-state index contributed by atoms with van der Waals surface area (Å²) in [6, 6.07) is 1.40. The number of para-hydroxylation sites is 1. The molecular weight excluding hydrogens is 847 g/mol. The molecule has 1 aromatic heterocycles. The lowest BCUT2D eigenvalue weighted by atomic mass is 10.1. The van der Waals surface area contributed by atoms with Gasteiger partial charge in [0.05, 0.1) is 52.5 Å². The van der Waals surface area contributed by atoms with Gasteiger partial charge in [-0.3, -0.25) is 38.4 Å². The summed E-state index contributed by atoms with van der Waals surface area (Å²) in [6.07, 6.45) is 2.02. The predicted octanol–water partition coefficient (Wildman–Crippen LogP) is -0.878. The maximum absolute atomic E-state index is 14.0. The molecule has 20 nitrogen and oxygen atoms in total. The van der Waals surface area contributed by atoms with E-state index in [1.54, 1.807) is 0 Å². The number of quaternary nitrogens is 1. The Morgan fingerprint density at radius 1 is 0.952 bits per heavy atom. The summed E-state index contributed by atoms with van der Waals surface area (Å²) in [4.78, 5) is 110. The largest absolute Gasteiger partial charge is 0.481 e. The van der Waals surface area contributed by atoms with Gasteiger partial charge in [0, 0.05) is 53.6 Å². The Balaban J connectivity index is 1.30. The first-order valence-electron chi connectivity index (χ1n) is 20.7. The van der Waals surface area contributed by atoms with Crippen molar-refractivity contribution in [2.24, 2.45) is 5.73 Å². The zero-order valence-electron chi connectivity index (χ0n) is 35.0. The number of aromatic nitrogens is 1. The SMILES string of the molecule is C[C@@H]1NC(=O)C(CC(=O)O)NC(=O)CNC(=O)C(CCCC[N+]2(C)CCOCC2)NC(=O)CCSSCC(C(N)=O)NC(=O)C2CC(OCc3c[nH]c4ccccc34)CN2C1=O. The number of nitrogens with two attached hydrogens (primary N) is 1. The van der Waals surface area contributed by atoms with E-state index in [0.29, 0.717) is 19.6 Å². The van der Waals surface area contributed by atoms with Gasteiger partial charge in [-0.25, -0.2) is 0 Å². The van der Waals surface area contributed by atoms with Crippen molar-refractivity contribution in [3.8, 4) is 0 Å². The van der Waals surface area contributed by atoms with E-state index in [9.17, 15) is 43.5 Å². The number of hydrogen-bond acceptors (Lipinski definition) is 12. The minimum Gasteiger partial charge on any atom is -0.481 e. The predicted molar refractivity (Wildman–Crippen MR) is 230 cm³/mol. The molecule has 5 unspecified atom stereocenters. The minimum atomic E-state index is -1.65. The monoisotopic (exact) mass is 904 g/mol. The minimum absolute atomic E-state index is 0.00768. The average Bonchev–Trinajstić information content (AvgIpc) is 3.86. The van der Waals surface area contributed by atoms with E-state index in [1.165, 1.54) is 33.4 Å². The van der Waals surface area contributed by atoms with Gasteiger partial charge in [-0.1, -0.05) is 39.8 Å². The van der Waals surface area contributed by atoms with Gasteiger partial charge in [0.25, 0.3) is 0 Å². The number of unbranched alkanes of at least 4 members (excludes halogenated alkanes) is 1. The lowest BCUT2D eigenvalue weighted by Gasteiger charge is -2.37. The van der Waals surface area contributed by atoms with Crippen molar-refractivity contribution >= 4 is 79.8 Å². The zero-order valence-corrected chi connectivity index (χ0v) is 36.6. The van der Waals surface area contributed by atoms with Gasteiger partial charge in [-0.15, -0.1) is 0 Å². The molecule has 62 heavy (non-hydrogen) atoms. The number of fused-ring (bicyclic) bond motifs is 2. The van der Waals surface area contributed by atoms with Crippen LogP contribution in [0.25, 0.3) is 10.9 Å². The Kier molecular flexibility index (Phi) is 17.8. The topological polar surface area (TPSA) is 280 Å². The van der Waals surface area contributed by atoms with Crippen LogP contribution in [0.5, 0.6) is 0 Å². The number of likely N-dealkylation sites (N-methyl/N-ethyl adjacent to an activating group) is 1. The molecule has 2 aromatic rings. The third kappa shape index (κ3) is 14.1. The number of carbonyl (C=O) groups excluding carboxylic acids is 7. The number of amides is 7. The Morgan fingerprint density at radius 2 is 1.69 bits per heavy atom. The highest BCUT2D eigenvalue weighted by atomic mass is 33.1. The average molecular weight is 905 g/mol. The summed E-state index contributed by atoms with van der Waals surface area (Å²) in [7, 11) is 4.63. The maximum atomic E-state index is 14.0. The number of aromatic amines is 1. The fourth-order valence-corrected chi connectivity index (χ4v) is 9.74. The first-order valence-corrected chi connectivity index (χ1v) is 23.2. The molecule has 0 saturated carbocycles. The molecule has 0 spiro atoms. The van der Waals surface area contributed by atoms with Gasteiger partial charge in [0.1, 0.15) is 43.3 Å². The zero-order chi connectivity index (χ0) is 44.8. The van der Waals surface area contributed by atoms with E-state index in [1.807, 2.05) is 30.5 Å². The molecule has 3 aliphatic rings. The molecule has 22 heteroatoms. The Bertz CT molecular complexity index is 1940. The summed E-state index contributed by atoms with van der Waals surface area (Å²) < 4.78 is 12.5. The smallest absolute Gasteiger partial charge is 0.305 e. The van der Waals surface area contributed by atoms with Crippen LogP contribution in [0.1, 0.15) is 51.0 Å². The highest BCUT2D eigenvalue weighted by Gasteiger charge is 2.43. The number of rotatable bonds is 11. The number of hydrogen-bond donors (Lipinski definition) is 8. The number of carboxylic acid groups (broad SMARTS) is 1. The van der Waals surface area contributed by atoms with E-state index in [-0.39, 0.29) is 43.9 Å². The number of ether oxygens (including phenoxy) is 2. The number of benzene rings is 1.